The molecule has 0 aliphatic heterocycles. The lowest BCUT2D eigenvalue weighted by Crippen LogP contribution is -1.74. The Kier molecular flexibility index (Phi) is 1.61. The van der Waals surface area contributed by atoms with Crippen molar-refractivity contribution in [2.75, 3.05) is 0 Å². The van der Waals surface area contributed by atoms with E-state index in [0.29, 0.717) is 0 Å². The van der Waals surface area contributed by atoms with Gasteiger partial charge in [-0.2, -0.15) is 26.7 Å². The fraction of sp³-hybridized carbons (Fsp3) is 0. The Morgan fingerprint density at radius 1 is 1.00 bits per heavy atom. The van der Waals surface area contributed by atoms with Gasteiger partial charge in [0.05, 0.1) is 0 Å². The Morgan fingerprint density at radius 3 is 2.79 bits per heavy atom. The van der Waals surface area contributed by atoms with E-state index in [4.69, 9.17) is 0 Å². The molecule has 0 amide bonds. The number of aromatic nitrogens is 3. The minimum absolute atomic E-state index is 0.906. The summed E-state index contributed by atoms with van der Waals surface area (Å²) in [4.78, 5) is 0. The smallest absolute Gasteiger partial charge is 0.113 e. The van der Waals surface area contributed by atoms with E-state index in [1.807, 2.05) is 12.1 Å². The van der Waals surface area contributed by atoms with E-state index in [9.17, 15) is 0 Å². The second kappa shape index (κ2) is 2.92. The summed E-state index contributed by atoms with van der Waals surface area (Å²) in [6.45, 7) is 0. The summed E-state index contributed by atoms with van der Waals surface area (Å²) < 4.78 is 0. The fourth-order valence-electron chi connectivity index (χ4n) is 1.45. The lowest BCUT2D eigenvalue weighted by atomic mass is 10.1. The molecule has 3 nitrogen and oxygen atoms in total. The molecule has 1 aromatic carbocycles. The van der Waals surface area contributed by atoms with Crippen LogP contribution >= 0.6 is 11.3 Å². The first kappa shape index (κ1) is 7.70. The molecule has 3 rings (SSSR count). The molecule has 0 aliphatic carbocycles. The molecule has 0 bridgehead atoms. The largest absolute Gasteiger partial charge is 0.197 e. The number of H-pyrrole nitrogens is 1. The number of rotatable bonds is 1. The molecule has 68 valence electrons. The predicted molar refractivity (Wildman–Crippen MR) is 57.2 cm³/mol. The average Bonchev–Trinajstić information content (AvgIpc) is 2.88. The van der Waals surface area contributed by atoms with Gasteiger partial charge in [-0.05, 0) is 40.1 Å². The average molecular weight is 201 g/mol. The maximum atomic E-state index is 4.06. The summed E-state index contributed by atoms with van der Waals surface area (Å²) in [7, 11) is 0. The topological polar surface area (TPSA) is 41.6 Å². The number of benzene rings is 1. The van der Waals surface area contributed by atoms with Crippen LogP contribution < -0.4 is 0 Å². The molecular formula is C10H7N3S. The molecule has 1 N–H and O–H groups in total. The van der Waals surface area contributed by atoms with Gasteiger partial charge in [-0.25, -0.2) is 0 Å². The Morgan fingerprint density at radius 2 is 1.93 bits per heavy atom. The molecular weight excluding hydrogens is 194 g/mol. The lowest BCUT2D eigenvalue weighted by molar-refractivity contribution is 0.959. The van der Waals surface area contributed by atoms with Gasteiger partial charge in [-0.3, -0.25) is 0 Å². The lowest BCUT2D eigenvalue weighted by Gasteiger charge is -1.95. The summed E-state index contributed by atoms with van der Waals surface area (Å²) in [6, 6.07) is 8.19. The van der Waals surface area contributed by atoms with Crippen LogP contribution in [0, 0.1) is 0 Å². The van der Waals surface area contributed by atoms with Gasteiger partial charge in [0.2, 0.25) is 0 Å². The highest BCUT2D eigenvalue weighted by atomic mass is 32.1. The zero-order valence-corrected chi connectivity index (χ0v) is 8.08. The van der Waals surface area contributed by atoms with E-state index >= 15 is 0 Å². The van der Waals surface area contributed by atoms with Crippen molar-refractivity contribution in [3.63, 3.8) is 0 Å². The van der Waals surface area contributed by atoms with Crippen LogP contribution in [0.3, 0.4) is 0 Å². The Hall–Kier alpha value is -1.68. The third-order valence-corrected chi connectivity index (χ3v) is 2.85. The maximum Gasteiger partial charge on any atom is 0.113 e. The second-order valence-corrected chi connectivity index (χ2v) is 3.82. The third kappa shape index (κ3) is 1.12. The number of fused-ring (bicyclic) bond motifs is 1. The highest BCUT2D eigenvalue weighted by Gasteiger charge is 2.01. The number of nitrogens with zero attached hydrogens (tertiary/aromatic N) is 2. The number of thiophene rings is 1. The van der Waals surface area contributed by atoms with Crippen LogP contribution in [0.1, 0.15) is 0 Å². The molecule has 0 atom stereocenters. The molecule has 2 aromatic heterocycles. The normalized spacial score (nSPS) is 10.9. The maximum absolute atomic E-state index is 4.06. The molecule has 0 fully saturated rings. The first-order valence-electron chi connectivity index (χ1n) is 4.26. The summed E-state index contributed by atoms with van der Waals surface area (Å²) in [5.74, 6) is 0. The fourth-order valence-corrected chi connectivity index (χ4v) is 2.11. The molecule has 14 heavy (non-hydrogen) atoms. The van der Waals surface area contributed by atoms with E-state index in [1.165, 1.54) is 11.1 Å². The zero-order valence-electron chi connectivity index (χ0n) is 7.27. The van der Waals surface area contributed by atoms with Gasteiger partial charge in [0.1, 0.15) is 11.0 Å². The van der Waals surface area contributed by atoms with Crippen LogP contribution in [-0.2, 0) is 0 Å². The molecule has 0 spiro atoms. The van der Waals surface area contributed by atoms with Gasteiger partial charge < -0.3 is 0 Å². The van der Waals surface area contributed by atoms with Crippen molar-refractivity contribution >= 4 is 22.4 Å². The summed E-state index contributed by atoms with van der Waals surface area (Å²) in [5.41, 5.74) is 4.24. The highest BCUT2D eigenvalue weighted by Crippen LogP contribution is 2.24. The Bertz CT molecular complexity index is 554. The van der Waals surface area contributed by atoms with Crippen molar-refractivity contribution in [3.8, 4) is 11.1 Å². The van der Waals surface area contributed by atoms with E-state index in [0.717, 1.165) is 11.0 Å². The number of nitrogens with one attached hydrogen (secondary N) is 1. The van der Waals surface area contributed by atoms with E-state index < -0.39 is 0 Å². The minimum Gasteiger partial charge on any atom is -0.197 e. The van der Waals surface area contributed by atoms with Gasteiger partial charge in [0, 0.05) is 0 Å². The predicted octanol–water partition coefficient (Wildman–Crippen LogP) is 2.69. The summed E-state index contributed by atoms with van der Waals surface area (Å²) in [5, 5.41) is 14.9. The van der Waals surface area contributed by atoms with Crippen molar-refractivity contribution in [1.82, 2.24) is 15.4 Å². The van der Waals surface area contributed by atoms with E-state index in [2.05, 4.69) is 38.3 Å². The van der Waals surface area contributed by atoms with Gasteiger partial charge in [-0.1, -0.05) is 6.07 Å². The van der Waals surface area contributed by atoms with Gasteiger partial charge in [0.15, 0.2) is 0 Å². The summed E-state index contributed by atoms with van der Waals surface area (Å²) in [6.07, 6.45) is 0. The van der Waals surface area contributed by atoms with Crippen LogP contribution in [0.4, 0.5) is 0 Å². The molecule has 2 heterocycles. The molecule has 0 radical (unpaired) electrons. The molecule has 0 saturated heterocycles. The van der Waals surface area contributed by atoms with Crippen LogP contribution in [0.5, 0.6) is 0 Å². The first-order chi connectivity index (χ1) is 6.93. The van der Waals surface area contributed by atoms with Crippen molar-refractivity contribution in [2.24, 2.45) is 0 Å². The van der Waals surface area contributed by atoms with E-state index in [-0.39, 0.29) is 0 Å². The van der Waals surface area contributed by atoms with Crippen molar-refractivity contribution in [2.45, 2.75) is 0 Å². The number of hydrogen-bond donors (Lipinski definition) is 1. The number of aromatic amines is 1. The zero-order chi connectivity index (χ0) is 9.38. The van der Waals surface area contributed by atoms with Crippen LogP contribution in [-0.4, -0.2) is 15.4 Å². The minimum atomic E-state index is 0.906. The van der Waals surface area contributed by atoms with Crippen LogP contribution in [0.2, 0.25) is 0 Å². The van der Waals surface area contributed by atoms with Crippen molar-refractivity contribution < 1.29 is 0 Å². The van der Waals surface area contributed by atoms with Crippen LogP contribution in [0.25, 0.3) is 22.2 Å². The number of hydrogen-bond acceptors (Lipinski definition) is 3. The summed E-state index contributed by atoms with van der Waals surface area (Å²) >= 11 is 1.70. The molecule has 4 heteroatoms. The molecule has 0 saturated carbocycles. The molecule has 0 unspecified atom stereocenters. The van der Waals surface area contributed by atoms with Gasteiger partial charge >= 0.3 is 0 Å². The van der Waals surface area contributed by atoms with Crippen molar-refractivity contribution in [1.29, 1.82) is 0 Å². The Balaban J connectivity index is 2.23. The SMILES string of the molecule is c1cc(-c2ccc3n[nH]nc3c2)cs1. The molecule has 0 aliphatic rings. The van der Waals surface area contributed by atoms with Gasteiger partial charge in [0.25, 0.3) is 0 Å². The Labute approximate surface area is 84.4 Å². The highest BCUT2D eigenvalue weighted by molar-refractivity contribution is 7.08. The van der Waals surface area contributed by atoms with E-state index in [1.54, 1.807) is 11.3 Å². The second-order valence-electron chi connectivity index (χ2n) is 3.04. The molecule has 3 aromatic rings. The quantitative estimate of drug-likeness (QED) is 0.657. The third-order valence-electron chi connectivity index (χ3n) is 2.17. The van der Waals surface area contributed by atoms with Crippen LogP contribution in [0.15, 0.2) is 35.0 Å². The van der Waals surface area contributed by atoms with Crippen molar-refractivity contribution in [3.05, 3.63) is 35.0 Å². The first-order valence-corrected chi connectivity index (χ1v) is 5.21. The monoisotopic (exact) mass is 201 g/mol. The van der Waals surface area contributed by atoms with Gasteiger partial charge in [-0.15, -0.1) is 0 Å². The standard InChI is InChI=1S/C10H7N3S/c1-2-9-10(12-13-11-9)5-7(1)8-3-4-14-6-8/h1-6H,(H,11,12,13).